The molecule has 0 saturated carbocycles. The number of hydrogen-bond acceptors (Lipinski definition) is 20. The molecule has 6 rings (SSSR count). The first-order chi connectivity index (χ1) is 40.6. The standard InChI is InChI=1S/C30H42N6O5.C21H25N5O5S.C10H22N2O2/c1-29(2,3)36-28(38)35-26-23(19-14-21(39-7)17-22(15-19)40-8)16-20-18-32-27(34-25(20)33-26)31-13-11-9-10-12-24(37)41-30(4,5)6;1-21(2,3)26-19(27)24-18-16(12-7-14(30-4)10-15(8-12)31-5)9-13-11-22-20(32(6,28)29)25-17(13)23-18;1-10(2,3)14-9(13)12-8-6-4-5-7-11/h14-18H,9-13H2,1-8H3,(H3,31,32,33,34,35,36,38);7-11H,1-6H3,(H2,22,23,24,25,26,27);4-8,11H2,1-3H3,(H,12,13). The minimum atomic E-state index is -3.63. The molecule has 0 fully saturated rings. The number of alkyl carbamates (subject to hydrolysis) is 1. The number of urea groups is 2. The SMILES string of the molecule is CC(C)(C)OC(=O)NCCCCCN.COc1cc(OC)cc(-c2cc3cnc(NCCCCCC(=O)OC(C)(C)C)nc3nc2NC(=O)NC(C)(C)C)c1.COc1cc(OC)cc(-c2cc3cnc(S(C)(=O)=O)nc3nc2NC(=O)NC(C)(C)C)c1. The summed E-state index contributed by atoms with van der Waals surface area (Å²) < 4.78 is 55.7. The molecule has 25 nitrogen and oxygen atoms in total. The maximum atomic E-state index is 12.8. The second kappa shape index (κ2) is 31.8. The van der Waals surface area contributed by atoms with Crippen LogP contribution in [-0.2, 0) is 24.1 Å². The predicted octanol–water partition coefficient (Wildman–Crippen LogP) is 10.6. The van der Waals surface area contributed by atoms with Gasteiger partial charge in [-0.1, -0.05) is 12.8 Å². The number of esters is 1. The van der Waals surface area contributed by atoms with Crippen molar-refractivity contribution in [2.75, 3.05) is 70.3 Å². The number of sulfone groups is 1. The van der Waals surface area contributed by atoms with Crippen LogP contribution >= 0.6 is 0 Å². The minimum absolute atomic E-state index is 0.130. The van der Waals surface area contributed by atoms with Crippen LogP contribution < -0.4 is 56.6 Å². The monoisotopic (exact) mass is 1230 g/mol. The number of methoxy groups -OCH3 is 4. The fraction of sp³-hybridized carbons (Fsp3) is 0.508. The molecular weight excluding hydrogens is 1140 g/mol. The summed E-state index contributed by atoms with van der Waals surface area (Å²) in [6.07, 6.45) is 9.61. The Kier molecular flexibility index (Phi) is 26.0. The van der Waals surface area contributed by atoms with Crippen LogP contribution in [0.15, 0.2) is 66.1 Å². The van der Waals surface area contributed by atoms with E-state index in [0.717, 1.165) is 50.3 Å². The van der Waals surface area contributed by atoms with Gasteiger partial charge in [-0.3, -0.25) is 15.4 Å². The van der Waals surface area contributed by atoms with Gasteiger partial charge in [0.05, 0.1) is 28.4 Å². The average Bonchev–Trinajstić information content (AvgIpc) is 1.15. The van der Waals surface area contributed by atoms with Gasteiger partial charge in [0.25, 0.3) is 0 Å². The molecule has 0 aliphatic heterocycles. The highest BCUT2D eigenvalue weighted by Crippen LogP contribution is 2.37. The number of nitrogens with zero attached hydrogens (tertiary/aromatic N) is 6. The van der Waals surface area contributed by atoms with Crippen molar-refractivity contribution in [2.24, 2.45) is 5.73 Å². The molecule has 6 aromatic rings. The van der Waals surface area contributed by atoms with Crippen LogP contribution in [0.25, 0.3) is 44.3 Å². The quantitative estimate of drug-likeness (QED) is 0.0200. The summed E-state index contributed by atoms with van der Waals surface area (Å²) in [6, 6.07) is 13.5. The van der Waals surface area contributed by atoms with Gasteiger partial charge in [0.1, 0.15) is 45.8 Å². The Balaban J connectivity index is 0.000000312. The molecule has 8 N–H and O–H groups in total. The first kappa shape index (κ1) is 71.1. The minimum Gasteiger partial charge on any atom is -0.497 e. The molecule has 476 valence electrons. The fourth-order valence-electron chi connectivity index (χ4n) is 7.81. The Bertz CT molecular complexity index is 3370. The third-order valence-corrected chi connectivity index (χ3v) is 12.4. The molecule has 0 aliphatic carbocycles. The number of nitrogens with one attached hydrogen (secondary N) is 6. The van der Waals surface area contributed by atoms with Gasteiger partial charge in [-0.2, -0.15) is 9.97 Å². The van der Waals surface area contributed by atoms with Crippen LogP contribution in [0.5, 0.6) is 23.0 Å². The molecule has 0 unspecified atom stereocenters. The molecular formula is C61H89N13O12S. The van der Waals surface area contributed by atoms with E-state index in [1.54, 1.807) is 50.7 Å². The second-order valence-corrected chi connectivity index (χ2v) is 26.1. The number of ether oxygens (including phenoxy) is 6. The van der Waals surface area contributed by atoms with Crippen LogP contribution in [0.1, 0.15) is 128 Å². The van der Waals surface area contributed by atoms with Crippen molar-refractivity contribution >= 4 is 73.6 Å². The lowest BCUT2D eigenvalue weighted by atomic mass is 10.0. The number of nitrogens with two attached hydrogens (primary N) is 1. The number of rotatable bonds is 21. The molecule has 0 bridgehead atoms. The Morgan fingerprint density at radius 3 is 1.39 bits per heavy atom. The van der Waals surface area contributed by atoms with Gasteiger partial charge >= 0.3 is 24.1 Å². The number of carbonyl (C=O) groups is 4. The molecule has 0 radical (unpaired) electrons. The third-order valence-electron chi connectivity index (χ3n) is 11.5. The number of pyridine rings is 2. The fourth-order valence-corrected chi connectivity index (χ4v) is 8.30. The Morgan fingerprint density at radius 1 is 0.529 bits per heavy atom. The average molecular weight is 1230 g/mol. The van der Waals surface area contributed by atoms with E-state index in [0.29, 0.717) is 93.9 Å². The topological polar surface area (TPSA) is 333 Å². The van der Waals surface area contributed by atoms with Crippen LogP contribution in [0.2, 0.25) is 0 Å². The van der Waals surface area contributed by atoms with E-state index in [-0.39, 0.29) is 34.7 Å². The number of unbranched alkanes of at least 4 members (excludes halogenated alkanes) is 4. The van der Waals surface area contributed by atoms with Gasteiger partial charge in [0.15, 0.2) is 11.3 Å². The maximum absolute atomic E-state index is 12.8. The third kappa shape index (κ3) is 25.6. The van der Waals surface area contributed by atoms with Crippen LogP contribution in [-0.4, -0.2) is 139 Å². The molecule has 4 aromatic heterocycles. The molecule has 0 spiro atoms. The smallest absolute Gasteiger partial charge is 0.407 e. The molecule has 5 amide bonds. The predicted molar refractivity (Wildman–Crippen MR) is 339 cm³/mol. The molecule has 0 saturated heterocycles. The number of anilines is 3. The Labute approximate surface area is 511 Å². The van der Waals surface area contributed by atoms with Gasteiger partial charge in [-0.05, 0) is 163 Å². The van der Waals surface area contributed by atoms with Crippen molar-refractivity contribution in [1.29, 1.82) is 0 Å². The van der Waals surface area contributed by atoms with Gasteiger partial charge in [-0.25, -0.2) is 42.7 Å². The summed E-state index contributed by atoms with van der Waals surface area (Å²) in [6.45, 7) is 24.4. The van der Waals surface area contributed by atoms with Gasteiger partial charge in [0.2, 0.25) is 20.9 Å². The maximum Gasteiger partial charge on any atom is 0.407 e. The van der Waals surface area contributed by atoms with E-state index in [2.05, 4.69) is 56.8 Å². The zero-order chi connectivity index (χ0) is 64.9. The summed E-state index contributed by atoms with van der Waals surface area (Å²) in [5.74, 6) is 3.08. The van der Waals surface area contributed by atoms with Gasteiger partial charge in [-0.15, -0.1) is 0 Å². The van der Waals surface area contributed by atoms with Crippen molar-refractivity contribution in [3.05, 3.63) is 60.9 Å². The number of hydrogen-bond donors (Lipinski definition) is 7. The lowest BCUT2D eigenvalue weighted by Crippen LogP contribution is -2.43. The van der Waals surface area contributed by atoms with Crippen molar-refractivity contribution in [3.8, 4) is 45.3 Å². The van der Waals surface area contributed by atoms with E-state index < -0.39 is 38.1 Å². The lowest BCUT2D eigenvalue weighted by molar-refractivity contribution is -0.154. The van der Waals surface area contributed by atoms with E-state index >= 15 is 0 Å². The molecule has 87 heavy (non-hydrogen) atoms. The summed E-state index contributed by atoms with van der Waals surface area (Å²) in [7, 11) is 2.60. The van der Waals surface area contributed by atoms with Crippen molar-refractivity contribution in [3.63, 3.8) is 0 Å². The van der Waals surface area contributed by atoms with Crippen molar-refractivity contribution in [2.45, 2.75) is 155 Å². The normalized spacial score (nSPS) is 11.6. The second-order valence-electron chi connectivity index (χ2n) is 24.2. The summed E-state index contributed by atoms with van der Waals surface area (Å²) >= 11 is 0. The van der Waals surface area contributed by atoms with Crippen LogP contribution in [0.3, 0.4) is 0 Å². The summed E-state index contributed by atoms with van der Waals surface area (Å²) in [5.41, 5.74) is 6.72. The lowest BCUT2D eigenvalue weighted by Gasteiger charge is -2.21. The Hall–Kier alpha value is -8.39. The number of benzene rings is 2. The number of aromatic nitrogens is 6. The molecule has 0 atom stereocenters. The molecule has 0 aliphatic rings. The number of carbonyl (C=O) groups excluding carboxylic acids is 4. The van der Waals surface area contributed by atoms with E-state index in [1.807, 2.05) is 101 Å². The summed E-state index contributed by atoms with van der Waals surface area (Å²) in [4.78, 5) is 74.6. The zero-order valence-electron chi connectivity index (χ0n) is 53.4. The first-order valence-electron chi connectivity index (χ1n) is 28.4. The largest absolute Gasteiger partial charge is 0.497 e. The first-order valence-corrected chi connectivity index (χ1v) is 30.3. The highest BCUT2D eigenvalue weighted by atomic mass is 32.2. The molecule has 26 heteroatoms. The van der Waals surface area contributed by atoms with Crippen molar-refractivity contribution < 1.29 is 56.0 Å². The Morgan fingerprint density at radius 2 is 0.966 bits per heavy atom. The van der Waals surface area contributed by atoms with Crippen molar-refractivity contribution in [1.82, 2.24) is 45.9 Å². The molecule has 2 aromatic carbocycles. The number of fused-ring (bicyclic) bond motifs is 2. The molecule has 4 heterocycles. The van der Waals surface area contributed by atoms with E-state index in [1.165, 1.54) is 20.4 Å². The van der Waals surface area contributed by atoms with Gasteiger partial charge in [0, 0.05) is 83.3 Å². The van der Waals surface area contributed by atoms with E-state index in [9.17, 15) is 27.6 Å². The number of amides is 5. The van der Waals surface area contributed by atoms with Gasteiger partial charge < -0.3 is 55.4 Å². The summed E-state index contributed by atoms with van der Waals surface area (Å²) in [5, 5.41) is 18.1. The highest BCUT2D eigenvalue weighted by molar-refractivity contribution is 7.90. The van der Waals surface area contributed by atoms with Crippen LogP contribution in [0.4, 0.5) is 32.0 Å². The van der Waals surface area contributed by atoms with E-state index in [4.69, 9.17) is 39.1 Å². The zero-order valence-corrected chi connectivity index (χ0v) is 54.2. The highest BCUT2D eigenvalue weighted by Gasteiger charge is 2.23. The van der Waals surface area contributed by atoms with Crippen LogP contribution in [0, 0.1) is 0 Å².